The van der Waals surface area contributed by atoms with E-state index in [0.29, 0.717) is 43.7 Å². The van der Waals surface area contributed by atoms with Gasteiger partial charge in [-0.2, -0.15) is 13.2 Å². The normalized spacial score (nSPS) is 14.6. The van der Waals surface area contributed by atoms with Gasteiger partial charge in [-0.3, -0.25) is 9.69 Å². The molecule has 1 aliphatic heterocycles. The van der Waals surface area contributed by atoms with Gasteiger partial charge in [0.05, 0.1) is 11.1 Å². The Morgan fingerprint density at radius 2 is 1.87 bits per heavy atom. The first kappa shape index (κ1) is 22.6. The fourth-order valence-electron chi connectivity index (χ4n) is 3.75. The number of benzene rings is 2. The molecule has 1 amide bonds. The van der Waals surface area contributed by atoms with Crippen molar-refractivity contribution in [2.45, 2.75) is 32.2 Å². The number of fused-ring (bicyclic) bond motifs is 1. The molecule has 0 fully saturated rings. The number of alkyl halides is 3. The van der Waals surface area contributed by atoms with Crippen molar-refractivity contribution in [1.29, 1.82) is 0 Å². The fraction of sp³-hybridized carbons (Fsp3) is 0.292. The van der Waals surface area contributed by atoms with Crippen LogP contribution in [0.1, 0.15) is 27.8 Å². The van der Waals surface area contributed by atoms with Crippen LogP contribution in [0.15, 0.2) is 66.9 Å². The van der Waals surface area contributed by atoms with Gasteiger partial charge in [0.1, 0.15) is 0 Å². The summed E-state index contributed by atoms with van der Waals surface area (Å²) in [5, 5.41) is 5.65. The molecule has 2 N–H and O–H groups in total. The molecular formula is C24H26F3N3O. The molecule has 164 valence electrons. The zero-order valence-electron chi connectivity index (χ0n) is 17.4. The number of hydrogen-bond acceptors (Lipinski definition) is 3. The van der Waals surface area contributed by atoms with Crippen LogP contribution in [0.3, 0.4) is 0 Å². The molecule has 31 heavy (non-hydrogen) atoms. The lowest BCUT2D eigenvalue weighted by Gasteiger charge is -2.30. The first-order valence-electron chi connectivity index (χ1n) is 10.1. The molecule has 0 saturated heterocycles. The minimum atomic E-state index is -4.31. The van der Waals surface area contributed by atoms with Gasteiger partial charge < -0.3 is 10.6 Å². The first-order valence-corrected chi connectivity index (χ1v) is 10.1. The van der Waals surface area contributed by atoms with Crippen molar-refractivity contribution in [2.75, 3.05) is 13.6 Å². The summed E-state index contributed by atoms with van der Waals surface area (Å²) < 4.78 is 39.7. The highest BCUT2D eigenvalue weighted by Crippen LogP contribution is 2.35. The second-order valence-corrected chi connectivity index (χ2v) is 7.49. The van der Waals surface area contributed by atoms with Crippen molar-refractivity contribution in [2.24, 2.45) is 0 Å². The molecule has 0 spiro atoms. The molecule has 0 aromatic heterocycles. The Bertz CT molecular complexity index is 965. The number of carbonyl (C=O) groups excluding carboxylic acids is 1. The topological polar surface area (TPSA) is 44.4 Å². The lowest BCUT2D eigenvalue weighted by molar-refractivity contribution is -0.138. The van der Waals surface area contributed by atoms with E-state index < -0.39 is 11.7 Å². The molecule has 2 aromatic carbocycles. The number of halogens is 3. The maximum absolute atomic E-state index is 13.2. The van der Waals surface area contributed by atoms with E-state index in [0.717, 1.165) is 16.7 Å². The van der Waals surface area contributed by atoms with Gasteiger partial charge in [0.15, 0.2) is 0 Å². The summed E-state index contributed by atoms with van der Waals surface area (Å²) in [5.41, 5.74) is 3.14. The summed E-state index contributed by atoms with van der Waals surface area (Å²) in [7, 11) is 1.71. The molecule has 0 radical (unpaired) electrons. The quantitative estimate of drug-likeness (QED) is 0.513. The van der Waals surface area contributed by atoms with Gasteiger partial charge in [-0.15, -0.1) is 0 Å². The third-order valence-electron chi connectivity index (χ3n) is 5.31. The molecule has 0 saturated carbocycles. The van der Waals surface area contributed by atoms with Crippen molar-refractivity contribution in [3.8, 4) is 0 Å². The Morgan fingerprint density at radius 3 is 2.52 bits per heavy atom. The summed E-state index contributed by atoms with van der Waals surface area (Å²) in [4.78, 5) is 14.2. The molecule has 3 rings (SSSR count). The van der Waals surface area contributed by atoms with Gasteiger partial charge in [-0.25, -0.2) is 0 Å². The maximum atomic E-state index is 13.2. The number of nitrogens with zero attached hydrogens (tertiary/aromatic N) is 1. The van der Waals surface area contributed by atoms with Crippen LogP contribution in [0.25, 0.3) is 0 Å². The van der Waals surface area contributed by atoms with E-state index in [1.54, 1.807) is 19.3 Å². The molecule has 0 unspecified atom stereocenters. The molecule has 0 aliphatic carbocycles. The highest BCUT2D eigenvalue weighted by Gasteiger charge is 2.35. The Kier molecular flexibility index (Phi) is 7.17. The van der Waals surface area contributed by atoms with Crippen molar-refractivity contribution < 1.29 is 18.0 Å². The predicted molar refractivity (Wildman–Crippen MR) is 115 cm³/mol. The van der Waals surface area contributed by atoms with Crippen molar-refractivity contribution >= 4 is 5.91 Å². The fourth-order valence-corrected chi connectivity index (χ4v) is 3.75. The van der Waals surface area contributed by atoms with Crippen LogP contribution in [0.5, 0.6) is 0 Å². The van der Waals surface area contributed by atoms with Crippen molar-refractivity contribution in [3.05, 3.63) is 94.7 Å². The van der Waals surface area contributed by atoms with E-state index in [4.69, 9.17) is 0 Å². The molecule has 0 bridgehead atoms. The molecule has 1 heterocycles. The lowest BCUT2D eigenvalue weighted by atomic mass is 9.94. The van der Waals surface area contributed by atoms with Gasteiger partial charge in [-0.05, 0) is 34.7 Å². The summed E-state index contributed by atoms with van der Waals surface area (Å²) in [6.45, 7) is 5.76. The zero-order chi connectivity index (χ0) is 22.4. The summed E-state index contributed by atoms with van der Waals surface area (Å²) >= 11 is 0. The number of rotatable bonds is 7. The number of amides is 1. The Balaban J connectivity index is 1.58. The lowest BCUT2D eigenvalue weighted by Crippen LogP contribution is -2.31. The highest BCUT2D eigenvalue weighted by molar-refractivity contribution is 5.95. The van der Waals surface area contributed by atoms with E-state index in [-0.39, 0.29) is 5.91 Å². The molecule has 1 aliphatic rings. The maximum Gasteiger partial charge on any atom is 0.416 e. The van der Waals surface area contributed by atoms with E-state index in [1.807, 2.05) is 24.3 Å². The smallest absolute Gasteiger partial charge is 0.393 e. The Morgan fingerprint density at radius 1 is 1.16 bits per heavy atom. The summed E-state index contributed by atoms with van der Waals surface area (Å²) in [5.74, 6) is -0.210. The molecule has 7 heteroatoms. The second kappa shape index (κ2) is 9.83. The average Bonchev–Trinajstić information content (AvgIpc) is 2.75. The van der Waals surface area contributed by atoms with E-state index >= 15 is 0 Å². The van der Waals surface area contributed by atoms with Gasteiger partial charge in [0.25, 0.3) is 5.91 Å². The van der Waals surface area contributed by atoms with E-state index in [2.05, 4.69) is 22.1 Å². The van der Waals surface area contributed by atoms with Crippen molar-refractivity contribution in [3.63, 3.8) is 0 Å². The Hall–Kier alpha value is -3.06. The monoisotopic (exact) mass is 429 g/mol. The van der Waals surface area contributed by atoms with Crippen LogP contribution in [0, 0.1) is 0 Å². The average molecular weight is 429 g/mol. The van der Waals surface area contributed by atoms with Crippen LogP contribution >= 0.6 is 0 Å². The third kappa shape index (κ3) is 5.76. The van der Waals surface area contributed by atoms with E-state index in [9.17, 15) is 18.0 Å². The molecule has 2 aromatic rings. The van der Waals surface area contributed by atoms with Crippen LogP contribution in [0.2, 0.25) is 0 Å². The predicted octanol–water partition coefficient (Wildman–Crippen LogP) is 4.17. The summed E-state index contributed by atoms with van der Waals surface area (Å²) in [6.07, 6.45) is -0.849. The van der Waals surface area contributed by atoms with Crippen molar-refractivity contribution in [1.82, 2.24) is 15.5 Å². The number of nitrogens with one attached hydrogen (secondary N) is 2. The minimum absolute atomic E-state index is 0.210. The molecule has 4 nitrogen and oxygen atoms in total. The molecular weight excluding hydrogens is 403 g/mol. The zero-order valence-corrected chi connectivity index (χ0v) is 17.4. The SMILES string of the molecule is C=C/C(=C\NC)C(=O)NCc1ccc(CN2CCc3c(cccc3C(F)(F)F)C2)cc1. The van der Waals surface area contributed by atoms with Gasteiger partial charge >= 0.3 is 6.18 Å². The molecule has 0 atom stereocenters. The largest absolute Gasteiger partial charge is 0.416 e. The highest BCUT2D eigenvalue weighted by atomic mass is 19.4. The minimum Gasteiger partial charge on any atom is -0.393 e. The van der Waals surface area contributed by atoms with Gasteiger partial charge in [-0.1, -0.05) is 49.1 Å². The number of carbonyl (C=O) groups is 1. The van der Waals surface area contributed by atoms with E-state index in [1.165, 1.54) is 18.2 Å². The third-order valence-corrected chi connectivity index (χ3v) is 5.31. The first-order chi connectivity index (χ1) is 14.8. The van der Waals surface area contributed by atoms with Crippen LogP contribution < -0.4 is 10.6 Å². The van der Waals surface area contributed by atoms with Gasteiger partial charge in [0, 0.05) is 39.4 Å². The number of hydrogen-bond donors (Lipinski definition) is 2. The van der Waals surface area contributed by atoms with Gasteiger partial charge in [0.2, 0.25) is 0 Å². The van der Waals surface area contributed by atoms with Crippen LogP contribution in [-0.2, 0) is 37.0 Å². The van der Waals surface area contributed by atoms with Crippen LogP contribution in [-0.4, -0.2) is 24.4 Å². The Labute approximate surface area is 180 Å². The standard InChI is InChI=1S/C24H26F3N3O/c1-3-19(14-28-2)23(31)29-13-17-7-9-18(10-8-17)15-30-12-11-21-20(16-30)5-4-6-22(21)24(25,26)27/h3-10,14,28H,1,11-13,15-16H2,2H3,(H,29,31)/b19-14+. The summed E-state index contributed by atoms with van der Waals surface area (Å²) in [6, 6.07) is 12.3. The second-order valence-electron chi connectivity index (χ2n) is 7.49. The van der Waals surface area contributed by atoms with Crippen LogP contribution in [0.4, 0.5) is 13.2 Å².